The first-order chi connectivity index (χ1) is 8.86. The Labute approximate surface area is 102 Å². The lowest BCUT2D eigenvalue weighted by Crippen LogP contribution is -2.43. The van der Waals surface area contributed by atoms with Crippen LogP contribution in [0.2, 0.25) is 0 Å². The van der Waals surface area contributed by atoms with Crippen molar-refractivity contribution in [2.24, 2.45) is 0 Å². The van der Waals surface area contributed by atoms with Gasteiger partial charge in [0.15, 0.2) is 5.82 Å². The number of carbonyl (C=O) groups excluding carboxylic acids is 1. The van der Waals surface area contributed by atoms with Gasteiger partial charge in [-0.25, -0.2) is 0 Å². The minimum Gasteiger partial charge on any atom is -0.472 e. The van der Waals surface area contributed by atoms with Crippen LogP contribution in [0.1, 0.15) is 22.2 Å². The Morgan fingerprint density at radius 2 is 2.44 bits per heavy atom. The lowest BCUT2D eigenvalue weighted by molar-refractivity contribution is -0.00580. The van der Waals surface area contributed by atoms with E-state index in [-0.39, 0.29) is 11.9 Å². The standard InChI is InChI=1S/C11H11N3O4/c15-11(8-1-3-16-5-8)14-2-4-17-6-9(14)10-12-7-18-13-10/h1,3,5,7,9H,2,4,6H2. The van der Waals surface area contributed by atoms with Gasteiger partial charge in [-0.1, -0.05) is 5.16 Å². The van der Waals surface area contributed by atoms with E-state index in [0.717, 1.165) is 0 Å². The highest BCUT2D eigenvalue weighted by Crippen LogP contribution is 2.23. The molecule has 0 spiro atoms. The van der Waals surface area contributed by atoms with Gasteiger partial charge in [0.2, 0.25) is 6.39 Å². The summed E-state index contributed by atoms with van der Waals surface area (Å²) in [5.41, 5.74) is 0.505. The number of ether oxygens (including phenoxy) is 1. The monoisotopic (exact) mass is 249 g/mol. The predicted octanol–water partition coefficient (Wildman–Crippen LogP) is 0.876. The molecule has 0 aromatic carbocycles. The average Bonchev–Trinajstić information content (AvgIpc) is 3.11. The Morgan fingerprint density at radius 3 is 3.17 bits per heavy atom. The van der Waals surface area contributed by atoms with E-state index in [4.69, 9.17) is 13.7 Å². The fraction of sp³-hybridized carbons (Fsp3) is 0.364. The van der Waals surface area contributed by atoms with E-state index in [2.05, 4.69) is 10.1 Å². The number of carbonyl (C=O) groups is 1. The van der Waals surface area contributed by atoms with E-state index in [1.54, 1.807) is 11.0 Å². The van der Waals surface area contributed by atoms with Crippen LogP contribution in [-0.2, 0) is 4.74 Å². The summed E-state index contributed by atoms with van der Waals surface area (Å²) in [6, 6.07) is 1.31. The summed E-state index contributed by atoms with van der Waals surface area (Å²) in [6.07, 6.45) is 4.13. The first kappa shape index (κ1) is 11.0. The van der Waals surface area contributed by atoms with E-state index in [0.29, 0.717) is 31.1 Å². The van der Waals surface area contributed by atoms with Gasteiger partial charge in [-0.05, 0) is 6.07 Å². The summed E-state index contributed by atoms with van der Waals surface area (Å²) < 4.78 is 15.0. The van der Waals surface area contributed by atoms with Crippen LogP contribution in [0.25, 0.3) is 0 Å². The number of amides is 1. The Kier molecular flexibility index (Phi) is 2.81. The number of morpholine rings is 1. The highest BCUT2D eigenvalue weighted by molar-refractivity contribution is 5.94. The Hall–Kier alpha value is -2.15. The van der Waals surface area contributed by atoms with E-state index >= 15 is 0 Å². The number of hydrogen-bond donors (Lipinski definition) is 0. The molecule has 2 aromatic rings. The number of nitrogens with zero attached hydrogens (tertiary/aromatic N) is 3. The molecule has 3 heterocycles. The van der Waals surface area contributed by atoms with Gasteiger partial charge in [0.1, 0.15) is 12.3 Å². The van der Waals surface area contributed by atoms with E-state index in [1.807, 2.05) is 0 Å². The second-order valence-electron chi connectivity index (χ2n) is 3.89. The second-order valence-corrected chi connectivity index (χ2v) is 3.89. The van der Waals surface area contributed by atoms with Gasteiger partial charge < -0.3 is 18.6 Å². The molecule has 0 saturated carbocycles. The van der Waals surface area contributed by atoms with Crippen LogP contribution in [0.5, 0.6) is 0 Å². The van der Waals surface area contributed by atoms with Crippen LogP contribution in [-0.4, -0.2) is 40.7 Å². The zero-order valence-corrected chi connectivity index (χ0v) is 9.48. The lowest BCUT2D eigenvalue weighted by Gasteiger charge is -2.33. The molecule has 1 aliphatic rings. The van der Waals surface area contributed by atoms with Crippen LogP contribution in [0, 0.1) is 0 Å². The van der Waals surface area contributed by atoms with Gasteiger partial charge in [-0.3, -0.25) is 4.79 Å². The summed E-state index contributed by atoms with van der Waals surface area (Å²) in [5, 5.41) is 3.77. The molecular weight excluding hydrogens is 238 g/mol. The second kappa shape index (κ2) is 4.61. The number of rotatable bonds is 2. The third kappa shape index (κ3) is 1.88. The number of furan rings is 1. The first-order valence-electron chi connectivity index (χ1n) is 5.53. The van der Waals surface area contributed by atoms with Gasteiger partial charge in [0.05, 0.1) is 25.0 Å². The molecule has 94 valence electrons. The molecule has 0 aliphatic carbocycles. The zero-order valence-electron chi connectivity index (χ0n) is 9.48. The Bertz CT molecular complexity index is 508. The van der Waals surface area contributed by atoms with Crippen molar-refractivity contribution < 1.29 is 18.5 Å². The van der Waals surface area contributed by atoms with Crippen molar-refractivity contribution in [3.63, 3.8) is 0 Å². The maximum atomic E-state index is 12.3. The summed E-state index contributed by atoms with van der Waals surface area (Å²) in [7, 11) is 0. The van der Waals surface area contributed by atoms with Crippen LogP contribution in [0.3, 0.4) is 0 Å². The van der Waals surface area contributed by atoms with Crippen LogP contribution < -0.4 is 0 Å². The normalized spacial score (nSPS) is 20.0. The fourth-order valence-electron chi connectivity index (χ4n) is 1.94. The number of aromatic nitrogens is 2. The highest BCUT2D eigenvalue weighted by Gasteiger charge is 2.32. The van der Waals surface area contributed by atoms with Crippen molar-refractivity contribution in [1.29, 1.82) is 0 Å². The van der Waals surface area contributed by atoms with Gasteiger partial charge >= 0.3 is 0 Å². The third-order valence-electron chi connectivity index (χ3n) is 2.83. The van der Waals surface area contributed by atoms with Crippen molar-refractivity contribution in [2.45, 2.75) is 6.04 Å². The molecule has 1 atom stereocenters. The first-order valence-corrected chi connectivity index (χ1v) is 5.53. The third-order valence-corrected chi connectivity index (χ3v) is 2.83. The summed E-state index contributed by atoms with van der Waals surface area (Å²) >= 11 is 0. The average molecular weight is 249 g/mol. The molecule has 1 unspecified atom stereocenters. The van der Waals surface area contributed by atoms with Crippen molar-refractivity contribution in [2.75, 3.05) is 19.8 Å². The molecule has 18 heavy (non-hydrogen) atoms. The predicted molar refractivity (Wildman–Crippen MR) is 57.6 cm³/mol. The molecular formula is C11H11N3O4. The molecule has 1 amide bonds. The topological polar surface area (TPSA) is 81.6 Å². The highest BCUT2D eigenvalue weighted by atomic mass is 16.5. The Morgan fingerprint density at radius 1 is 1.50 bits per heavy atom. The van der Waals surface area contributed by atoms with Crippen molar-refractivity contribution in [3.05, 3.63) is 36.4 Å². The lowest BCUT2D eigenvalue weighted by atomic mass is 10.2. The van der Waals surface area contributed by atoms with Crippen LogP contribution in [0.4, 0.5) is 0 Å². The fourth-order valence-corrected chi connectivity index (χ4v) is 1.94. The number of hydrogen-bond acceptors (Lipinski definition) is 6. The summed E-state index contributed by atoms with van der Waals surface area (Å²) in [4.78, 5) is 17.9. The minimum absolute atomic E-state index is 0.123. The van der Waals surface area contributed by atoms with E-state index in [9.17, 15) is 4.79 Å². The van der Waals surface area contributed by atoms with Gasteiger partial charge in [-0.2, -0.15) is 4.98 Å². The molecule has 0 radical (unpaired) electrons. The molecule has 2 aromatic heterocycles. The van der Waals surface area contributed by atoms with Gasteiger partial charge in [0, 0.05) is 6.54 Å². The van der Waals surface area contributed by atoms with Crippen LogP contribution in [0.15, 0.2) is 33.9 Å². The summed E-state index contributed by atoms with van der Waals surface area (Å²) in [5.74, 6) is 0.327. The SMILES string of the molecule is O=C(c1ccoc1)N1CCOCC1c1ncon1. The molecule has 7 nitrogen and oxygen atoms in total. The maximum Gasteiger partial charge on any atom is 0.257 e. The summed E-state index contributed by atoms with van der Waals surface area (Å²) in [6.45, 7) is 1.35. The molecule has 1 aliphatic heterocycles. The molecule has 1 saturated heterocycles. The molecule has 1 fully saturated rings. The van der Waals surface area contributed by atoms with E-state index < -0.39 is 0 Å². The smallest absolute Gasteiger partial charge is 0.257 e. The maximum absolute atomic E-state index is 12.3. The van der Waals surface area contributed by atoms with Crippen molar-refractivity contribution in [1.82, 2.24) is 15.0 Å². The molecule has 0 N–H and O–H groups in total. The van der Waals surface area contributed by atoms with Crippen molar-refractivity contribution in [3.8, 4) is 0 Å². The molecule has 0 bridgehead atoms. The molecule has 7 heteroatoms. The molecule has 3 rings (SSSR count). The van der Waals surface area contributed by atoms with E-state index in [1.165, 1.54) is 18.9 Å². The zero-order chi connectivity index (χ0) is 12.4. The van der Waals surface area contributed by atoms with Crippen LogP contribution >= 0.6 is 0 Å². The van der Waals surface area contributed by atoms with Gasteiger partial charge in [-0.15, -0.1) is 0 Å². The van der Waals surface area contributed by atoms with Crippen molar-refractivity contribution >= 4 is 5.91 Å². The van der Waals surface area contributed by atoms with Gasteiger partial charge in [0.25, 0.3) is 5.91 Å². The largest absolute Gasteiger partial charge is 0.472 e. The Balaban J connectivity index is 1.86. The quantitative estimate of drug-likeness (QED) is 0.785. The minimum atomic E-state index is -0.320.